The fraction of sp³-hybridized carbons (Fsp3) is 0. The lowest BCUT2D eigenvalue weighted by Gasteiger charge is -2.09. The van der Waals surface area contributed by atoms with Crippen molar-refractivity contribution < 1.29 is 14.8 Å². The molecular formula is C13H7Cl3N2O4. The lowest BCUT2D eigenvalue weighted by Crippen LogP contribution is -2.13. The molecule has 9 heteroatoms. The minimum Gasteiger partial charge on any atom is -0.506 e. The number of hydrogen-bond acceptors (Lipinski definition) is 4. The van der Waals surface area contributed by atoms with Crippen LogP contribution in [0.5, 0.6) is 5.75 Å². The van der Waals surface area contributed by atoms with Gasteiger partial charge in [-0.3, -0.25) is 14.9 Å². The molecule has 0 saturated heterocycles. The first kappa shape index (κ1) is 16.4. The Balaban J connectivity index is 2.41. The quantitative estimate of drug-likeness (QED) is 0.621. The molecule has 0 aliphatic rings. The smallest absolute Gasteiger partial charge is 0.271 e. The Morgan fingerprint density at radius 1 is 1.14 bits per heavy atom. The third-order valence-corrected chi connectivity index (χ3v) is 3.53. The van der Waals surface area contributed by atoms with Crippen molar-refractivity contribution in [2.75, 3.05) is 5.32 Å². The Labute approximate surface area is 139 Å². The standard InChI is InChI=1S/C13H7Cl3N2O4/c14-6-1-2-9(15)11(3-6)17-13(20)8-4-7(18(21)22)5-10(16)12(8)19/h1-5,19H,(H,17,20). The molecular weight excluding hydrogens is 355 g/mol. The van der Waals surface area contributed by atoms with Gasteiger partial charge in [-0.25, -0.2) is 0 Å². The average molecular weight is 362 g/mol. The summed E-state index contributed by atoms with van der Waals surface area (Å²) in [7, 11) is 0. The molecule has 6 nitrogen and oxygen atoms in total. The lowest BCUT2D eigenvalue weighted by molar-refractivity contribution is -0.384. The van der Waals surface area contributed by atoms with Gasteiger partial charge >= 0.3 is 0 Å². The number of nitro groups is 1. The fourth-order valence-corrected chi connectivity index (χ4v) is 2.20. The van der Waals surface area contributed by atoms with E-state index < -0.39 is 22.3 Å². The van der Waals surface area contributed by atoms with Crippen LogP contribution >= 0.6 is 34.8 Å². The molecule has 2 rings (SSSR count). The van der Waals surface area contributed by atoms with Crippen molar-refractivity contribution >= 4 is 52.1 Å². The second-order valence-electron chi connectivity index (χ2n) is 4.16. The van der Waals surface area contributed by atoms with Gasteiger partial charge in [-0.15, -0.1) is 0 Å². The summed E-state index contributed by atoms with van der Waals surface area (Å²) in [4.78, 5) is 22.2. The van der Waals surface area contributed by atoms with Crippen LogP contribution in [-0.2, 0) is 0 Å². The molecule has 2 N–H and O–H groups in total. The van der Waals surface area contributed by atoms with Crippen LogP contribution < -0.4 is 5.32 Å². The number of hydrogen-bond donors (Lipinski definition) is 2. The average Bonchev–Trinajstić information content (AvgIpc) is 2.45. The molecule has 0 atom stereocenters. The number of carbonyl (C=O) groups is 1. The Morgan fingerprint density at radius 3 is 2.45 bits per heavy atom. The molecule has 2 aromatic carbocycles. The Bertz CT molecular complexity index is 780. The highest BCUT2D eigenvalue weighted by Crippen LogP contribution is 2.33. The number of nitro benzene ring substituents is 1. The number of nitrogens with zero attached hydrogens (tertiary/aromatic N) is 1. The highest BCUT2D eigenvalue weighted by atomic mass is 35.5. The number of phenols is 1. The molecule has 0 spiro atoms. The third kappa shape index (κ3) is 3.41. The monoisotopic (exact) mass is 360 g/mol. The van der Waals surface area contributed by atoms with Crippen molar-refractivity contribution in [1.29, 1.82) is 0 Å². The summed E-state index contributed by atoms with van der Waals surface area (Å²) < 4.78 is 0. The van der Waals surface area contributed by atoms with Crippen LogP contribution in [0, 0.1) is 10.1 Å². The molecule has 1 amide bonds. The predicted octanol–water partition coefficient (Wildman–Crippen LogP) is 4.51. The molecule has 0 radical (unpaired) electrons. The van der Waals surface area contributed by atoms with Gasteiger partial charge in [0, 0.05) is 17.2 Å². The van der Waals surface area contributed by atoms with E-state index in [-0.39, 0.29) is 21.3 Å². The van der Waals surface area contributed by atoms with E-state index in [0.717, 1.165) is 12.1 Å². The van der Waals surface area contributed by atoms with Crippen LogP contribution in [0.2, 0.25) is 15.1 Å². The maximum atomic E-state index is 12.2. The summed E-state index contributed by atoms with van der Waals surface area (Å²) >= 11 is 17.4. The fourth-order valence-electron chi connectivity index (χ4n) is 1.65. The number of aromatic hydroxyl groups is 1. The van der Waals surface area contributed by atoms with E-state index in [1.54, 1.807) is 0 Å². The second kappa shape index (κ2) is 6.39. The molecule has 0 aromatic heterocycles. The van der Waals surface area contributed by atoms with Crippen molar-refractivity contribution in [3.63, 3.8) is 0 Å². The van der Waals surface area contributed by atoms with Crippen molar-refractivity contribution in [2.24, 2.45) is 0 Å². The first-order chi connectivity index (χ1) is 10.3. The molecule has 0 fully saturated rings. The zero-order valence-electron chi connectivity index (χ0n) is 10.6. The normalized spacial score (nSPS) is 10.3. The number of benzene rings is 2. The Morgan fingerprint density at radius 2 is 1.82 bits per heavy atom. The number of halogens is 3. The van der Waals surface area contributed by atoms with Crippen LogP contribution in [0.3, 0.4) is 0 Å². The predicted molar refractivity (Wildman–Crippen MR) is 84.2 cm³/mol. The number of carbonyl (C=O) groups excluding carboxylic acids is 1. The SMILES string of the molecule is O=C(Nc1cc(Cl)ccc1Cl)c1cc([N+](=O)[O-])cc(Cl)c1O. The van der Waals surface area contributed by atoms with Crippen LogP contribution in [-0.4, -0.2) is 15.9 Å². The number of nitrogens with one attached hydrogen (secondary N) is 1. The molecule has 0 saturated carbocycles. The van der Waals surface area contributed by atoms with E-state index in [4.69, 9.17) is 34.8 Å². The molecule has 2 aromatic rings. The molecule has 0 heterocycles. The van der Waals surface area contributed by atoms with Crippen LogP contribution in [0.4, 0.5) is 11.4 Å². The highest BCUT2D eigenvalue weighted by molar-refractivity contribution is 6.36. The van der Waals surface area contributed by atoms with Crippen molar-refractivity contribution in [3.05, 3.63) is 61.1 Å². The zero-order valence-corrected chi connectivity index (χ0v) is 12.9. The van der Waals surface area contributed by atoms with Crippen LogP contribution in [0.1, 0.15) is 10.4 Å². The largest absolute Gasteiger partial charge is 0.506 e. The number of amides is 1. The molecule has 0 unspecified atom stereocenters. The number of phenolic OH excluding ortho intramolecular Hbond substituents is 1. The van der Waals surface area contributed by atoms with Crippen molar-refractivity contribution in [3.8, 4) is 5.75 Å². The summed E-state index contributed by atoms with van der Waals surface area (Å²) in [6, 6.07) is 6.26. The number of rotatable bonds is 3. The molecule has 0 aliphatic heterocycles. The zero-order chi connectivity index (χ0) is 16.4. The van der Waals surface area contributed by atoms with E-state index in [1.165, 1.54) is 18.2 Å². The summed E-state index contributed by atoms with van der Waals surface area (Å²) in [5, 5.41) is 23.2. The van der Waals surface area contributed by atoms with Gasteiger partial charge in [-0.2, -0.15) is 0 Å². The second-order valence-corrected chi connectivity index (χ2v) is 5.41. The molecule has 22 heavy (non-hydrogen) atoms. The Hall–Kier alpha value is -2.02. The summed E-state index contributed by atoms with van der Waals surface area (Å²) in [6.45, 7) is 0. The van der Waals surface area contributed by atoms with Gasteiger partial charge in [0.05, 0.1) is 26.2 Å². The van der Waals surface area contributed by atoms with Gasteiger partial charge in [0.25, 0.3) is 11.6 Å². The highest BCUT2D eigenvalue weighted by Gasteiger charge is 2.21. The minimum absolute atomic E-state index is 0.196. The molecule has 0 bridgehead atoms. The summed E-state index contributed by atoms with van der Waals surface area (Å²) in [6.07, 6.45) is 0. The van der Waals surface area contributed by atoms with Gasteiger partial charge in [-0.05, 0) is 18.2 Å². The maximum Gasteiger partial charge on any atom is 0.271 e. The number of non-ortho nitro benzene ring substituents is 1. The topological polar surface area (TPSA) is 92.5 Å². The Kier molecular flexibility index (Phi) is 4.75. The first-order valence-electron chi connectivity index (χ1n) is 5.73. The van der Waals surface area contributed by atoms with Crippen LogP contribution in [0.25, 0.3) is 0 Å². The van der Waals surface area contributed by atoms with E-state index in [9.17, 15) is 20.0 Å². The van der Waals surface area contributed by atoms with Crippen molar-refractivity contribution in [2.45, 2.75) is 0 Å². The van der Waals surface area contributed by atoms with Crippen molar-refractivity contribution in [1.82, 2.24) is 0 Å². The molecule has 0 aliphatic carbocycles. The van der Waals surface area contributed by atoms with Gasteiger partial charge < -0.3 is 10.4 Å². The van der Waals surface area contributed by atoms with Gasteiger partial charge in [0.1, 0.15) is 5.75 Å². The van der Waals surface area contributed by atoms with E-state index >= 15 is 0 Å². The van der Waals surface area contributed by atoms with Gasteiger partial charge in [0.2, 0.25) is 0 Å². The van der Waals surface area contributed by atoms with E-state index in [1.807, 2.05) is 0 Å². The van der Waals surface area contributed by atoms with E-state index in [0.29, 0.717) is 5.02 Å². The third-order valence-electron chi connectivity index (χ3n) is 2.68. The maximum absolute atomic E-state index is 12.2. The minimum atomic E-state index is -0.813. The number of anilines is 1. The van der Waals surface area contributed by atoms with E-state index in [2.05, 4.69) is 5.32 Å². The first-order valence-corrected chi connectivity index (χ1v) is 6.86. The molecule has 114 valence electrons. The van der Waals surface area contributed by atoms with Gasteiger partial charge in [-0.1, -0.05) is 34.8 Å². The van der Waals surface area contributed by atoms with Crippen LogP contribution in [0.15, 0.2) is 30.3 Å². The van der Waals surface area contributed by atoms with Gasteiger partial charge in [0.15, 0.2) is 0 Å². The lowest BCUT2D eigenvalue weighted by atomic mass is 10.1. The summed E-state index contributed by atoms with van der Waals surface area (Å²) in [5.41, 5.74) is -0.582. The summed E-state index contributed by atoms with van der Waals surface area (Å²) in [5.74, 6) is -1.38.